The number of amides is 2. The van der Waals surface area contributed by atoms with Gasteiger partial charge in [-0.2, -0.15) is 0 Å². The number of ether oxygens (including phenoxy) is 4. The Morgan fingerprint density at radius 1 is 0.700 bits per heavy atom. The molecule has 0 aromatic carbocycles. The second-order valence-corrected chi connectivity index (χ2v) is 12.2. The van der Waals surface area contributed by atoms with Crippen molar-refractivity contribution < 1.29 is 47.0 Å². The first-order valence-electron chi connectivity index (χ1n) is 13.4. The maximum atomic E-state index is 11.9. The van der Waals surface area contributed by atoms with Crippen molar-refractivity contribution in [3.05, 3.63) is 24.3 Å². The Morgan fingerprint density at radius 2 is 1.12 bits per heavy atom. The lowest BCUT2D eigenvalue weighted by atomic mass is 10.4. The lowest BCUT2D eigenvalue weighted by Crippen LogP contribution is -2.40. The van der Waals surface area contributed by atoms with Crippen LogP contribution in [0.25, 0.3) is 0 Å². The third-order valence-corrected chi connectivity index (χ3v) is 8.25. The number of nitrogens with zero attached hydrogens (tertiary/aromatic N) is 1. The van der Waals surface area contributed by atoms with Gasteiger partial charge in [-0.15, -0.1) is 0 Å². The summed E-state index contributed by atoms with van der Waals surface area (Å²) in [5.41, 5.74) is 0.553. The van der Waals surface area contributed by atoms with Gasteiger partial charge < -0.3 is 38.4 Å². The van der Waals surface area contributed by atoms with Gasteiger partial charge in [-0.1, -0.05) is 13.2 Å². The van der Waals surface area contributed by atoms with Gasteiger partial charge in [-0.3, -0.25) is 4.90 Å². The largest absolute Gasteiger partial charge is 0.460 e. The topological polar surface area (TPSA) is 151 Å². The third kappa shape index (κ3) is 19.2. The van der Waals surface area contributed by atoms with Crippen LogP contribution in [0.15, 0.2) is 24.3 Å². The molecule has 0 aromatic heterocycles. The molecule has 0 aliphatic carbocycles. The van der Waals surface area contributed by atoms with Crippen LogP contribution in [0.2, 0.25) is 12.6 Å². The molecule has 0 heterocycles. The van der Waals surface area contributed by atoms with Crippen LogP contribution in [-0.4, -0.2) is 110 Å². The first kappa shape index (κ1) is 37.1. The zero-order chi connectivity index (χ0) is 30.4. The lowest BCUT2D eigenvalue weighted by Gasteiger charge is -2.28. The Hall–Kier alpha value is -2.94. The summed E-state index contributed by atoms with van der Waals surface area (Å²) in [4.78, 5) is 48.6. The van der Waals surface area contributed by atoms with Crippen molar-refractivity contribution in [3.8, 4) is 0 Å². The number of carbonyl (C=O) groups excluding carboxylic acids is 4. The van der Waals surface area contributed by atoms with Gasteiger partial charge in [0, 0.05) is 37.4 Å². The van der Waals surface area contributed by atoms with Gasteiger partial charge in [0.2, 0.25) is 0 Å². The highest BCUT2D eigenvalue weighted by atomic mass is 28.4. The Balaban J connectivity index is 4.61. The highest BCUT2D eigenvalue weighted by Gasteiger charge is 2.30. The molecule has 230 valence electrons. The van der Waals surface area contributed by atoms with E-state index in [1.54, 1.807) is 0 Å². The normalized spacial score (nSPS) is 10.9. The molecule has 0 fully saturated rings. The van der Waals surface area contributed by atoms with Crippen LogP contribution in [0.5, 0.6) is 0 Å². The van der Waals surface area contributed by atoms with E-state index in [9.17, 15) is 19.2 Å². The fraction of sp³-hybridized carbons (Fsp3) is 0.692. The summed E-state index contributed by atoms with van der Waals surface area (Å²) in [6, 6.07) is 0.777. The summed E-state index contributed by atoms with van der Waals surface area (Å²) in [7, 11) is -2.28. The van der Waals surface area contributed by atoms with Crippen LogP contribution in [0, 0.1) is 0 Å². The van der Waals surface area contributed by atoms with Crippen molar-refractivity contribution in [3.63, 3.8) is 0 Å². The molecule has 0 aromatic rings. The molecule has 0 spiro atoms. The quantitative estimate of drug-likeness (QED) is 0.0630. The zero-order valence-corrected chi connectivity index (χ0v) is 25.6. The van der Waals surface area contributed by atoms with Crippen molar-refractivity contribution in [2.75, 3.05) is 72.4 Å². The van der Waals surface area contributed by atoms with Crippen molar-refractivity contribution in [1.29, 1.82) is 0 Å². The highest BCUT2D eigenvalue weighted by molar-refractivity contribution is 6.66. The molecule has 0 saturated carbocycles. The summed E-state index contributed by atoms with van der Waals surface area (Å²) in [5.74, 6) is -1.05. The maximum Gasteiger partial charge on any atom is 0.407 e. The average Bonchev–Trinajstić information content (AvgIpc) is 2.88. The molecule has 0 radical (unpaired) electrons. The van der Waals surface area contributed by atoms with E-state index in [1.807, 2.05) is 25.3 Å². The van der Waals surface area contributed by atoms with Crippen LogP contribution < -0.4 is 10.6 Å². The van der Waals surface area contributed by atoms with Crippen LogP contribution >= 0.6 is 0 Å². The van der Waals surface area contributed by atoms with Gasteiger partial charge in [-0.05, 0) is 53.3 Å². The van der Waals surface area contributed by atoms with E-state index in [4.69, 9.17) is 27.8 Å². The van der Waals surface area contributed by atoms with Crippen molar-refractivity contribution >= 4 is 32.7 Å². The Bertz CT molecular complexity index is 767. The van der Waals surface area contributed by atoms with Crippen LogP contribution in [-0.2, 0) is 37.4 Å². The van der Waals surface area contributed by atoms with E-state index < -0.39 is 32.7 Å². The summed E-state index contributed by atoms with van der Waals surface area (Å²) in [5, 5.41) is 5.02. The number of nitrogens with one attached hydrogen (secondary N) is 2. The molecule has 0 aliphatic heterocycles. The smallest absolute Gasteiger partial charge is 0.407 e. The van der Waals surface area contributed by atoms with Gasteiger partial charge in [0.25, 0.3) is 0 Å². The minimum atomic E-state index is -2.28. The molecular weight excluding hydrogens is 542 g/mol. The van der Waals surface area contributed by atoms with E-state index in [1.165, 1.54) is 13.8 Å². The lowest BCUT2D eigenvalue weighted by molar-refractivity contribution is -0.139. The van der Waals surface area contributed by atoms with Crippen molar-refractivity contribution in [2.45, 2.75) is 46.7 Å². The summed E-state index contributed by atoms with van der Waals surface area (Å²) < 4.78 is 32.1. The predicted molar refractivity (Wildman–Crippen MR) is 151 cm³/mol. The number of rotatable bonds is 22. The van der Waals surface area contributed by atoms with Gasteiger partial charge in [0.05, 0.1) is 13.1 Å². The molecule has 0 saturated heterocycles. The van der Waals surface area contributed by atoms with E-state index >= 15 is 0 Å². The molecule has 13 nitrogen and oxygen atoms in total. The molecule has 0 bridgehead atoms. The molecule has 0 aliphatic rings. The van der Waals surface area contributed by atoms with Crippen LogP contribution in [0.1, 0.15) is 34.1 Å². The predicted octanol–water partition coefficient (Wildman–Crippen LogP) is 2.51. The van der Waals surface area contributed by atoms with Gasteiger partial charge >= 0.3 is 32.7 Å². The molecule has 0 atom stereocenters. The third-order valence-electron chi connectivity index (χ3n) is 5.19. The van der Waals surface area contributed by atoms with Crippen molar-refractivity contribution in [1.82, 2.24) is 15.5 Å². The summed E-state index contributed by atoms with van der Waals surface area (Å²) >= 11 is 0. The SMILES string of the molecule is C=C(C)C(=O)OCCNC(=O)OCCN(CCC[Si](C)(OCC)OCC)CCOC(=O)NCCOC(=O)C(=C)C. The van der Waals surface area contributed by atoms with Crippen LogP contribution in [0.4, 0.5) is 9.59 Å². The van der Waals surface area contributed by atoms with E-state index in [2.05, 4.69) is 23.8 Å². The fourth-order valence-electron chi connectivity index (χ4n) is 3.23. The van der Waals surface area contributed by atoms with E-state index in [-0.39, 0.29) is 50.7 Å². The molecule has 2 amide bonds. The van der Waals surface area contributed by atoms with Crippen LogP contribution in [0.3, 0.4) is 0 Å². The summed E-state index contributed by atoms with van der Waals surface area (Å²) in [6.07, 6.45) is -0.493. The highest BCUT2D eigenvalue weighted by Crippen LogP contribution is 2.16. The van der Waals surface area contributed by atoms with Gasteiger partial charge in [0.1, 0.15) is 26.4 Å². The van der Waals surface area contributed by atoms with Gasteiger partial charge in [0.15, 0.2) is 0 Å². The first-order valence-corrected chi connectivity index (χ1v) is 15.9. The number of carbonyl (C=O) groups is 4. The number of hydrogen-bond donors (Lipinski definition) is 2. The minimum absolute atomic E-state index is 0.00493. The van der Waals surface area contributed by atoms with Crippen molar-refractivity contribution in [2.24, 2.45) is 0 Å². The van der Waals surface area contributed by atoms with E-state index in [0.29, 0.717) is 32.8 Å². The molecule has 0 unspecified atom stereocenters. The molecular formula is C26H47N3O10Si. The van der Waals surface area contributed by atoms with Gasteiger partial charge in [-0.25, -0.2) is 19.2 Å². The molecule has 40 heavy (non-hydrogen) atoms. The summed E-state index contributed by atoms with van der Waals surface area (Å²) in [6.45, 7) is 19.0. The average molecular weight is 590 g/mol. The van der Waals surface area contributed by atoms with E-state index in [0.717, 1.165) is 12.5 Å². The Morgan fingerprint density at radius 3 is 1.50 bits per heavy atom. The first-order chi connectivity index (χ1) is 18.9. The fourth-order valence-corrected chi connectivity index (χ4v) is 5.63. The monoisotopic (exact) mass is 589 g/mol. The number of alkyl carbamates (subject to hydrolysis) is 2. The minimum Gasteiger partial charge on any atom is -0.460 e. The molecule has 14 heteroatoms. The number of hydrogen-bond acceptors (Lipinski definition) is 11. The Kier molecular flexibility index (Phi) is 20.2. The Labute approximate surface area is 238 Å². The molecule has 0 rings (SSSR count). The zero-order valence-electron chi connectivity index (χ0n) is 24.6. The second kappa shape index (κ2) is 21.8. The second-order valence-electron chi connectivity index (χ2n) is 8.90. The maximum absolute atomic E-state index is 11.9. The molecule has 2 N–H and O–H groups in total. The standard InChI is InChI=1S/C26H47N3O10Si/c1-8-38-40(7,39-9-2)20-10-13-29(14-18-36-25(32)27-11-16-34-23(30)21(3)4)15-19-37-26(33)28-12-17-35-24(31)22(5)6/h3,5,8-20H2,1-2,4,6-7H3,(H,27,32)(H,28,33). The number of esters is 2.